The van der Waals surface area contributed by atoms with E-state index in [0.29, 0.717) is 0 Å². The van der Waals surface area contributed by atoms with Gasteiger partial charge in [-0.2, -0.15) is 0 Å². The number of aliphatic imine (C=N–C) groups is 1. The average Bonchev–Trinajstić information content (AvgIpc) is 2.97. The topological polar surface area (TPSA) is 44.9 Å². The molecule has 2 aromatic rings. The molecular formula is C18H27N5. The molecule has 1 aliphatic rings. The molecule has 124 valence electrons. The molecule has 1 N–H and O–H groups in total. The number of guanidine groups is 1. The zero-order chi connectivity index (χ0) is 16.1. The van der Waals surface area contributed by atoms with Gasteiger partial charge in [0.05, 0.1) is 5.69 Å². The van der Waals surface area contributed by atoms with Gasteiger partial charge < -0.3 is 14.6 Å². The monoisotopic (exact) mass is 313 g/mol. The van der Waals surface area contributed by atoms with Gasteiger partial charge in [0.2, 0.25) is 0 Å². The third-order valence-corrected chi connectivity index (χ3v) is 4.33. The van der Waals surface area contributed by atoms with E-state index in [4.69, 9.17) is 4.99 Å². The Balaban J connectivity index is 1.63. The second-order valence-corrected chi connectivity index (χ2v) is 6.38. The summed E-state index contributed by atoms with van der Waals surface area (Å²) in [5.74, 6) is 1.81. The number of rotatable bonds is 4. The maximum absolute atomic E-state index is 4.82. The molecular weight excluding hydrogens is 286 g/mol. The summed E-state index contributed by atoms with van der Waals surface area (Å²) in [6.45, 7) is 8.37. The van der Waals surface area contributed by atoms with E-state index in [1.54, 1.807) is 0 Å². The largest absolute Gasteiger partial charge is 0.357 e. The molecule has 0 bridgehead atoms. The number of likely N-dealkylation sites (tertiary alicyclic amines) is 1. The molecule has 0 amide bonds. The van der Waals surface area contributed by atoms with Crippen molar-refractivity contribution < 1.29 is 0 Å². The van der Waals surface area contributed by atoms with E-state index in [9.17, 15) is 0 Å². The van der Waals surface area contributed by atoms with Gasteiger partial charge in [0.1, 0.15) is 5.65 Å². The first-order valence-corrected chi connectivity index (χ1v) is 8.72. The van der Waals surface area contributed by atoms with Gasteiger partial charge in [0.25, 0.3) is 0 Å². The summed E-state index contributed by atoms with van der Waals surface area (Å²) in [6.07, 6.45) is 7.60. The lowest BCUT2D eigenvalue weighted by molar-refractivity contribution is 0.266. The highest BCUT2D eigenvalue weighted by atomic mass is 15.3. The lowest BCUT2D eigenvalue weighted by atomic mass is 10.0. The van der Waals surface area contributed by atoms with Gasteiger partial charge in [0.15, 0.2) is 5.96 Å². The molecule has 3 rings (SSSR count). The van der Waals surface area contributed by atoms with Crippen LogP contribution in [-0.4, -0.2) is 46.4 Å². The van der Waals surface area contributed by atoms with E-state index >= 15 is 0 Å². The first kappa shape index (κ1) is 15.8. The van der Waals surface area contributed by atoms with Gasteiger partial charge in [0, 0.05) is 45.0 Å². The molecule has 0 saturated carbocycles. The Hall–Kier alpha value is -2.04. The van der Waals surface area contributed by atoms with Crippen LogP contribution in [0.3, 0.4) is 0 Å². The number of nitrogens with one attached hydrogen (secondary N) is 1. The van der Waals surface area contributed by atoms with Gasteiger partial charge in [-0.1, -0.05) is 13.0 Å². The highest BCUT2D eigenvalue weighted by Crippen LogP contribution is 2.15. The lowest BCUT2D eigenvalue weighted by Gasteiger charge is -2.33. The Labute approximate surface area is 138 Å². The normalized spacial score (nSPS) is 19.3. The maximum atomic E-state index is 4.82. The van der Waals surface area contributed by atoms with Crippen molar-refractivity contribution in [3.63, 3.8) is 0 Å². The quantitative estimate of drug-likeness (QED) is 0.697. The zero-order valence-electron chi connectivity index (χ0n) is 14.2. The fourth-order valence-corrected chi connectivity index (χ4v) is 3.19. The van der Waals surface area contributed by atoms with Gasteiger partial charge in [-0.25, -0.2) is 4.98 Å². The molecule has 2 aromatic heterocycles. The van der Waals surface area contributed by atoms with Crippen LogP contribution in [0, 0.1) is 5.92 Å². The summed E-state index contributed by atoms with van der Waals surface area (Å²) >= 11 is 0. The number of piperidine rings is 1. The van der Waals surface area contributed by atoms with Crippen molar-refractivity contribution in [3.05, 3.63) is 36.3 Å². The van der Waals surface area contributed by atoms with E-state index in [2.05, 4.69) is 39.6 Å². The van der Waals surface area contributed by atoms with Gasteiger partial charge in [-0.15, -0.1) is 0 Å². The molecule has 5 nitrogen and oxygen atoms in total. The van der Waals surface area contributed by atoms with E-state index in [1.807, 2.05) is 24.4 Å². The van der Waals surface area contributed by atoms with Crippen LogP contribution in [-0.2, 0) is 6.42 Å². The van der Waals surface area contributed by atoms with Crippen LogP contribution in [0.2, 0.25) is 0 Å². The Morgan fingerprint density at radius 2 is 2.35 bits per heavy atom. The lowest BCUT2D eigenvalue weighted by Crippen LogP contribution is -2.46. The minimum atomic E-state index is 0.756. The van der Waals surface area contributed by atoms with Gasteiger partial charge in [-0.3, -0.25) is 4.99 Å². The average molecular weight is 313 g/mol. The van der Waals surface area contributed by atoms with E-state index < -0.39 is 0 Å². The third-order valence-electron chi connectivity index (χ3n) is 4.33. The number of hydrogen-bond donors (Lipinski definition) is 1. The fraction of sp³-hybridized carbons (Fsp3) is 0.556. The number of nitrogens with zero attached hydrogens (tertiary/aromatic N) is 4. The highest BCUT2D eigenvalue weighted by molar-refractivity contribution is 5.80. The molecule has 23 heavy (non-hydrogen) atoms. The van der Waals surface area contributed by atoms with Crippen LogP contribution >= 0.6 is 0 Å². The van der Waals surface area contributed by atoms with Crippen LogP contribution in [0.15, 0.2) is 35.6 Å². The number of imidazole rings is 1. The van der Waals surface area contributed by atoms with Crippen molar-refractivity contribution >= 4 is 11.6 Å². The number of hydrogen-bond acceptors (Lipinski definition) is 2. The van der Waals surface area contributed by atoms with Crippen LogP contribution < -0.4 is 5.32 Å². The predicted molar refractivity (Wildman–Crippen MR) is 94.8 cm³/mol. The molecule has 0 aliphatic carbocycles. The van der Waals surface area contributed by atoms with E-state index in [0.717, 1.165) is 55.8 Å². The second kappa shape index (κ2) is 7.49. The minimum Gasteiger partial charge on any atom is -0.357 e. The summed E-state index contributed by atoms with van der Waals surface area (Å²) < 4.78 is 2.07. The predicted octanol–water partition coefficient (Wildman–Crippen LogP) is 2.57. The Bertz CT molecular complexity index is 627. The standard InChI is InChI=1S/C18H27N5/c1-3-19-18(23-12-6-7-15(2)13-23)20-10-9-16-14-22-11-5-4-8-17(22)21-16/h4-5,8,11,14-15H,3,6-7,9-10,12-13H2,1-2H3,(H,19,20). The van der Waals surface area contributed by atoms with Crippen molar-refractivity contribution in [3.8, 4) is 0 Å². The molecule has 1 fully saturated rings. The van der Waals surface area contributed by atoms with Crippen LogP contribution in [0.5, 0.6) is 0 Å². The number of pyridine rings is 1. The maximum Gasteiger partial charge on any atom is 0.193 e. The van der Waals surface area contributed by atoms with Gasteiger partial charge >= 0.3 is 0 Å². The van der Waals surface area contributed by atoms with E-state index in [-0.39, 0.29) is 0 Å². The first-order valence-electron chi connectivity index (χ1n) is 8.72. The summed E-state index contributed by atoms with van der Waals surface area (Å²) in [4.78, 5) is 11.9. The first-order chi connectivity index (χ1) is 11.3. The Morgan fingerprint density at radius 3 is 3.13 bits per heavy atom. The molecule has 1 unspecified atom stereocenters. The summed E-state index contributed by atoms with van der Waals surface area (Å²) in [5.41, 5.74) is 2.10. The van der Waals surface area contributed by atoms with Crippen LogP contribution in [0.1, 0.15) is 32.4 Å². The third kappa shape index (κ3) is 4.03. The smallest absolute Gasteiger partial charge is 0.193 e. The SMILES string of the molecule is CCNC(=NCCc1cn2ccccc2n1)N1CCCC(C)C1. The zero-order valence-corrected chi connectivity index (χ0v) is 14.2. The Kier molecular flexibility index (Phi) is 5.16. The molecule has 0 spiro atoms. The summed E-state index contributed by atoms with van der Waals surface area (Å²) in [7, 11) is 0. The molecule has 5 heteroatoms. The molecule has 0 aromatic carbocycles. The molecule has 1 atom stereocenters. The van der Waals surface area contributed by atoms with Crippen molar-refractivity contribution in [2.75, 3.05) is 26.2 Å². The number of aromatic nitrogens is 2. The Morgan fingerprint density at radius 1 is 1.43 bits per heavy atom. The second-order valence-electron chi connectivity index (χ2n) is 6.38. The molecule has 0 radical (unpaired) electrons. The molecule has 1 aliphatic heterocycles. The molecule has 1 saturated heterocycles. The van der Waals surface area contributed by atoms with Crippen molar-refractivity contribution in [2.45, 2.75) is 33.1 Å². The number of fused-ring (bicyclic) bond motifs is 1. The van der Waals surface area contributed by atoms with Crippen molar-refractivity contribution in [1.29, 1.82) is 0 Å². The van der Waals surface area contributed by atoms with E-state index in [1.165, 1.54) is 12.8 Å². The summed E-state index contributed by atoms with van der Waals surface area (Å²) in [6, 6.07) is 6.08. The van der Waals surface area contributed by atoms with Crippen molar-refractivity contribution in [1.82, 2.24) is 19.6 Å². The van der Waals surface area contributed by atoms with Crippen LogP contribution in [0.4, 0.5) is 0 Å². The highest BCUT2D eigenvalue weighted by Gasteiger charge is 2.18. The molecule has 3 heterocycles. The van der Waals surface area contributed by atoms with Gasteiger partial charge in [-0.05, 0) is 37.8 Å². The minimum absolute atomic E-state index is 0.756. The summed E-state index contributed by atoms with van der Waals surface area (Å²) in [5, 5.41) is 3.44. The fourth-order valence-electron chi connectivity index (χ4n) is 3.19. The van der Waals surface area contributed by atoms with Crippen molar-refractivity contribution in [2.24, 2.45) is 10.9 Å². The van der Waals surface area contributed by atoms with Crippen LogP contribution in [0.25, 0.3) is 5.65 Å².